The summed E-state index contributed by atoms with van der Waals surface area (Å²) in [4.78, 5) is 33.9. The van der Waals surface area contributed by atoms with Crippen molar-refractivity contribution in [3.8, 4) is 0 Å². The molecule has 1 amide bonds. The molecule has 0 spiro atoms. The highest BCUT2D eigenvalue weighted by molar-refractivity contribution is 8.00. The number of aromatic nitrogens is 2. The van der Waals surface area contributed by atoms with Gasteiger partial charge in [-0.3, -0.25) is 14.2 Å². The lowest BCUT2D eigenvalue weighted by Crippen LogP contribution is -2.34. The van der Waals surface area contributed by atoms with E-state index in [9.17, 15) is 9.59 Å². The van der Waals surface area contributed by atoms with Gasteiger partial charge in [0.2, 0.25) is 5.91 Å². The molecule has 4 aromatic rings. The van der Waals surface area contributed by atoms with Crippen molar-refractivity contribution in [2.24, 2.45) is 0 Å². The minimum atomic E-state index is -0.535. The fraction of sp³-hybridized carbons (Fsp3) is 0.320. The van der Waals surface area contributed by atoms with E-state index in [1.165, 1.54) is 16.6 Å². The number of thiophene rings is 1. The van der Waals surface area contributed by atoms with Crippen LogP contribution >= 0.6 is 23.1 Å². The van der Waals surface area contributed by atoms with E-state index in [0.717, 1.165) is 40.6 Å². The number of hydrogen-bond donors (Lipinski definition) is 1. The topological polar surface area (TPSA) is 77.1 Å². The SMILES string of the molecule is CC(C)NC(=O)C(Sc1nc2sc3c(c2c(=O)n1Cc1ccco1)CCC3)c1ccccc1. The monoisotopic (exact) mass is 479 g/mol. The van der Waals surface area contributed by atoms with Gasteiger partial charge in [0.25, 0.3) is 5.56 Å². The third kappa shape index (κ3) is 4.37. The third-order valence-electron chi connectivity index (χ3n) is 5.68. The van der Waals surface area contributed by atoms with E-state index in [1.54, 1.807) is 22.2 Å². The predicted octanol–water partition coefficient (Wildman–Crippen LogP) is 4.95. The van der Waals surface area contributed by atoms with Crippen molar-refractivity contribution in [1.82, 2.24) is 14.9 Å². The van der Waals surface area contributed by atoms with E-state index in [4.69, 9.17) is 9.40 Å². The smallest absolute Gasteiger partial charge is 0.263 e. The summed E-state index contributed by atoms with van der Waals surface area (Å²) in [6, 6.07) is 13.3. The minimum Gasteiger partial charge on any atom is -0.467 e. The van der Waals surface area contributed by atoms with Crippen LogP contribution in [0.3, 0.4) is 0 Å². The van der Waals surface area contributed by atoms with Gasteiger partial charge < -0.3 is 9.73 Å². The van der Waals surface area contributed by atoms with Crippen molar-refractivity contribution in [2.75, 3.05) is 0 Å². The molecule has 5 rings (SSSR count). The van der Waals surface area contributed by atoms with Crippen LogP contribution in [0.15, 0.2) is 63.1 Å². The van der Waals surface area contributed by atoms with Crippen molar-refractivity contribution in [3.63, 3.8) is 0 Å². The Balaban J connectivity index is 1.63. The second-order valence-corrected chi connectivity index (χ2v) is 10.6. The number of amides is 1. The van der Waals surface area contributed by atoms with Gasteiger partial charge in [-0.25, -0.2) is 4.98 Å². The van der Waals surface area contributed by atoms with Crippen molar-refractivity contribution in [2.45, 2.75) is 56.1 Å². The first-order valence-corrected chi connectivity index (χ1v) is 12.8. The lowest BCUT2D eigenvalue weighted by Gasteiger charge is -2.20. The van der Waals surface area contributed by atoms with E-state index in [-0.39, 0.29) is 24.1 Å². The Labute approximate surface area is 200 Å². The first-order chi connectivity index (χ1) is 16.0. The minimum absolute atomic E-state index is 0.00494. The van der Waals surface area contributed by atoms with Crippen LogP contribution in [0.2, 0.25) is 0 Å². The number of nitrogens with zero attached hydrogens (tertiary/aromatic N) is 2. The molecule has 1 aliphatic carbocycles. The van der Waals surface area contributed by atoms with Crippen molar-refractivity contribution >= 4 is 39.2 Å². The quantitative estimate of drug-likeness (QED) is 0.300. The summed E-state index contributed by atoms with van der Waals surface area (Å²) < 4.78 is 7.21. The number of benzene rings is 1. The summed E-state index contributed by atoms with van der Waals surface area (Å²) in [6.45, 7) is 4.15. The van der Waals surface area contributed by atoms with E-state index in [1.807, 2.05) is 56.3 Å². The van der Waals surface area contributed by atoms with Crippen molar-refractivity contribution in [1.29, 1.82) is 0 Å². The van der Waals surface area contributed by atoms with Crippen molar-refractivity contribution < 1.29 is 9.21 Å². The summed E-state index contributed by atoms with van der Waals surface area (Å²) in [5.74, 6) is 0.573. The van der Waals surface area contributed by atoms with E-state index < -0.39 is 5.25 Å². The third-order valence-corrected chi connectivity index (χ3v) is 8.11. The van der Waals surface area contributed by atoms with Gasteiger partial charge in [0.15, 0.2) is 5.16 Å². The summed E-state index contributed by atoms with van der Waals surface area (Å²) in [5.41, 5.74) is 1.96. The van der Waals surface area contributed by atoms with Crippen LogP contribution in [-0.2, 0) is 24.2 Å². The van der Waals surface area contributed by atoms with Crippen LogP contribution in [-0.4, -0.2) is 21.5 Å². The van der Waals surface area contributed by atoms with Crippen LogP contribution in [0.25, 0.3) is 10.2 Å². The number of fused-ring (bicyclic) bond motifs is 3. The van der Waals surface area contributed by atoms with Gasteiger partial charge in [-0.1, -0.05) is 42.1 Å². The van der Waals surface area contributed by atoms with Crippen LogP contribution in [0, 0.1) is 0 Å². The maximum Gasteiger partial charge on any atom is 0.263 e. The molecule has 170 valence electrons. The molecule has 1 N–H and O–H groups in total. The van der Waals surface area contributed by atoms with Crippen molar-refractivity contribution in [3.05, 3.63) is 80.8 Å². The molecule has 8 heteroatoms. The fourth-order valence-electron chi connectivity index (χ4n) is 4.21. The molecule has 0 fully saturated rings. The lowest BCUT2D eigenvalue weighted by molar-refractivity contribution is -0.121. The average molecular weight is 480 g/mol. The maximum atomic E-state index is 13.7. The number of rotatable bonds is 7. The number of nitrogens with one attached hydrogen (secondary N) is 1. The molecule has 1 atom stereocenters. The molecule has 1 aromatic carbocycles. The van der Waals surface area contributed by atoms with Gasteiger partial charge in [-0.05, 0) is 56.4 Å². The zero-order chi connectivity index (χ0) is 22.9. The lowest BCUT2D eigenvalue weighted by atomic mass is 10.1. The van der Waals surface area contributed by atoms with Gasteiger partial charge >= 0.3 is 0 Å². The Morgan fingerprint density at radius 3 is 2.76 bits per heavy atom. The summed E-state index contributed by atoms with van der Waals surface area (Å²) in [7, 11) is 0. The molecule has 0 bridgehead atoms. The zero-order valence-corrected chi connectivity index (χ0v) is 20.2. The van der Waals surface area contributed by atoms with E-state index >= 15 is 0 Å². The van der Waals surface area contributed by atoms with Crippen LogP contribution < -0.4 is 10.9 Å². The standard InChI is InChI=1S/C25H25N3O3S2/c1-15(2)26-22(29)21(16-8-4-3-5-9-16)33-25-27-23-20(18-11-6-12-19(18)32-23)24(30)28(25)14-17-10-7-13-31-17/h3-5,7-10,13,15,21H,6,11-12,14H2,1-2H3,(H,26,29). The molecule has 1 unspecified atom stereocenters. The molecule has 0 radical (unpaired) electrons. The largest absolute Gasteiger partial charge is 0.467 e. The second kappa shape index (κ2) is 9.19. The Bertz CT molecular complexity index is 1340. The highest BCUT2D eigenvalue weighted by Gasteiger charge is 2.28. The molecular formula is C25H25N3O3S2. The number of thioether (sulfide) groups is 1. The summed E-state index contributed by atoms with van der Waals surface area (Å²) >= 11 is 2.93. The molecule has 0 aliphatic heterocycles. The molecule has 3 aromatic heterocycles. The second-order valence-electron chi connectivity index (χ2n) is 8.47. The van der Waals surface area contributed by atoms with Gasteiger partial charge in [0.05, 0.1) is 18.2 Å². The highest BCUT2D eigenvalue weighted by atomic mass is 32.2. The molecule has 6 nitrogen and oxygen atoms in total. The van der Waals surface area contributed by atoms with Crippen LogP contribution in [0.5, 0.6) is 0 Å². The van der Waals surface area contributed by atoms with E-state index in [0.29, 0.717) is 10.9 Å². The first kappa shape index (κ1) is 22.0. The molecule has 0 saturated carbocycles. The molecule has 0 saturated heterocycles. The number of carbonyl (C=O) groups is 1. The predicted molar refractivity (Wildman–Crippen MR) is 132 cm³/mol. The molecule has 3 heterocycles. The number of carbonyl (C=O) groups excluding carboxylic acids is 1. The Morgan fingerprint density at radius 2 is 2.03 bits per heavy atom. The van der Waals surface area contributed by atoms with E-state index in [2.05, 4.69) is 5.32 Å². The van der Waals surface area contributed by atoms with Gasteiger partial charge in [0.1, 0.15) is 15.8 Å². The van der Waals surface area contributed by atoms with Crippen LogP contribution in [0.4, 0.5) is 0 Å². The Kier molecular flexibility index (Phi) is 6.12. The van der Waals surface area contributed by atoms with Gasteiger partial charge in [-0.15, -0.1) is 11.3 Å². The maximum absolute atomic E-state index is 13.7. The number of furan rings is 1. The normalized spacial score (nSPS) is 14.0. The average Bonchev–Trinajstić information content (AvgIpc) is 3.52. The highest BCUT2D eigenvalue weighted by Crippen LogP contribution is 2.39. The number of aryl methyl sites for hydroxylation is 2. The Morgan fingerprint density at radius 1 is 1.21 bits per heavy atom. The Hall–Kier alpha value is -2.84. The molecular weight excluding hydrogens is 454 g/mol. The fourth-order valence-corrected chi connectivity index (χ4v) is 6.62. The summed E-state index contributed by atoms with van der Waals surface area (Å²) in [5, 5.41) is 3.74. The first-order valence-electron chi connectivity index (χ1n) is 11.1. The van der Waals surface area contributed by atoms with Gasteiger partial charge in [-0.2, -0.15) is 0 Å². The van der Waals surface area contributed by atoms with Crippen LogP contribution in [0.1, 0.15) is 47.3 Å². The number of hydrogen-bond acceptors (Lipinski definition) is 6. The summed E-state index contributed by atoms with van der Waals surface area (Å²) in [6.07, 6.45) is 4.60. The molecule has 33 heavy (non-hydrogen) atoms. The zero-order valence-electron chi connectivity index (χ0n) is 18.5. The molecule has 1 aliphatic rings. The van der Waals surface area contributed by atoms with Gasteiger partial charge in [0, 0.05) is 10.9 Å².